The summed E-state index contributed by atoms with van der Waals surface area (Å²) in [7, 11) is -3.19. The van der Waals surface area contributed by atoms with Gasteiger partial charge in [-0.1, -0.05) is 25.6 Å². The van der Waals surface area contributed by atoms with Crippen molar-refractivity contribution < 1.29 is 8.42 Å². The zero-order valence-corrected chi connectivity index (χ0v) is 14.0. The summed E-state index contributed by atoms with van der Waals surface area (Å²) in [4.78, 5) is 4.46. The fraction of sp³-hybridized carbons (Fsp3) is 0.917. The summed E-state index contributed by atoms with van der Waals surface area (Å²) in [5, 5.41) is 4.71. The molecular formula is C12H25N3O2S2. The Kier molecular flexibility index (Phi) is 5.70. The van der Waals surface area contributed by atoms with Crippen molar-refractivity contribution in [3.05, 3.63) is 0 Å². The molecule has 2 N–H and O–H groups in total. The maximum Gasteiger partial charge on any atom is 0.209 e. The highest BCUT2D eigenvalue weighted by Crippen LogP contribution is 2.25. The summed E-state index contributed by atoms with van der Waals surface area (Å²) in [6.45, 7) is 9.52. The maximum absolute atomic E-state index is 11.2. The van der Waals surface area contributed by atoms with Crippen LogP contribution in [0.3, 0.4) is 0 Å². The van der Waals surface area contributed by atoms with Crippen molar-refractivity contribution in [1.29, 1.82) is 0 Å². The predicted molar refractivity (Wildman–Crippen MR) is 83.2 cm³/mol. The predicted octanol–water partition coefficient (Wildman–Crippen LogP) is 1.42. The van der Waals surface area contributed by atoms with Crippen molar-refractivity contribution in [2.75, 3.05) is 19.3 Å². The third-order valence-electron chi connectivity index (χ3n) is 2.59. The van der Waals surface area contributed by atoms with Gasteiger partial charge < -0.3 is 5.32 Å². The van der Waals surface area contributed by atoms with E-state index < -0.39 is 15.6 Å². The lowest BCUT2D eigenvalue weighted by molar-refractivity contribution is 0.450. The summed E-state index contributed by atoms with van der Waals surface area (Å²) in [5.41, 5.74) is -0.521. The zero-order valence-electron chi connectivity index (χ0n) is 12.4. The fourth-order valence-electron chi connectivity index (χ4n) is 2.00. The molecule has 1 aliphatic rings. The van der Waals surface area contributed by atoms with Crippen LogP contribution in [0.5, 0.6) is 0 Å². The van der Waals surface area contributed by atoms with Gasteiger partial charge in [-0.05, 0) is 26.2 Å². The quantitative estimate of drug-likeness (QED) is 0.778. The van der Waals surface area contributed by atoms with Gasteiger partial charge in [-0.3, -0.25) is 4.99 Å². The molecule has 1 aliphatic heterocycles. The molecule has 0 aliphatic carbocycles. The molecule has 1 heterocycles. The van der Waals surface area contributed by atoms with Crippen LogP contribution in [0.15, 0.2) is 4.99 Å². The molecule has 5 nitrogen and oxygen atoms in total. The SMILES string of the molecule is CC(C)CC1CN=C(NCC(C)(C)NS(C)(=O)=O)S1. The summed E-state index contributed by atoms with van der Waals surface area (Å²) in [5.74, 6) is 0.676. The molecule has 0 aromatic rings. The minimum atomic E-state index is -3.19. The number of hydrogen-bond donors (Lipinski definition) is 2. The summed E-state index contributed by atoms with van der Waals surface area (Å²) >= 11 is 1.76. The van der Waals surface area contributed by atoms with Crippen LogP contribution in [0.25, 0.3) is 0 Å². The van der Waals surface area contributed by atoms with E-state index >= 15 is 0 Å². The molecule has 0 amide bonds. The van der Waals surface area contributed by atoms with Gasteiger partial charge in [0.15, 0.2) is 5.17 Å². The van der Waals surface area contributed by atoms with Crippen molar-refractivity contribution in [2.24, 2.45) is 10.9 Å². The first-order valence-electron chi connectivity index (χ1n) is 6.51. The lowest BCUT2D eigenvalue weighted by Crippen LogP contribution is -2.50. The van der Waals surface area contributed by atoms with Crippen molar-refractivity contribution in [3.8, 4) is 0 Å². The van der Waals surface area contributed by atoms with E-state index in [2.05, 4.69) is 28.9 Å². The van der Waals surface area contributed by atoms with Gasteiger partial charge >= 0.3 is 0 Å². The Bertz CT molecular complexity index is 430. The van der Waals surface area contributed by atoms with Crippen LogP contribution in [0.2, 0.25) is 0 Å². The number of aliphatic imine (C=N–C) groups is 1. The first-order valence-corrected chi connectivity index (χ1v) is 9.28. The van der Waals surface area contributed by atoms with E-state index in [1.54, 1.807) is 11.8 Å². The van der Waals surface area contributed by atoms with Crippen molar-refractivity contribution in [1.82, 2.24) is 10.0 Å². The van der Waals surface area contributed by atoms with E-state index in [0.717, 1.165) is 18.1 Å². The Balaban J connectivity index is 2.38. The molecule has 1 unspecified atom stereocenters. The molecule has 0 spiro atoms. The van der Waals surface area contributed by atoms with Crippen LogP contribution in [-0.4, -0.2) is 43.7 Å². The van der Waals surface area contributed by atoms with E-state index in [9.17, 15) is 8.42 Å². The van der Waals surface area contributed by atoms with Gasteiger partial charge in [-0.25, -0.2) is 13.1 Å². The molecule has 112 valence electrons. The number of rotatable bonds is 6. The van der Waals surface area contributed by atoms with E-state index in [4.69, 9.17) is 0 Å². The van der Waals surface area contributed by atoms with Crippen molar-refractivity contribution >= 4 is 27.0 Å². The molecule has 0 saturated heterocycles. The topological polar surface area (TPSA) is 70.6 Å². The maximum atomic E-state index is 11.2. The van der Waals surface area contributed by atoms with Crippen LogP contribution < -0.4 is 10.0 Å². The average molecular weight is 307 g/mol. The number of amidine groups is 1. The third kappa shape index (κ3) is 7.17. The molecule has 0 saturated carbocycles. The Hall–Kier alpha value is -0.270. The third-order valence-corrected chi connectivity index (χ3v) is 4.69. The number of thioether (sulfide) groups is 1. The Morgan fingerprint density at radius 1 is 1.47 bits per heavy atom. The van der Waals surface area contributed by atoms with E-state index in [1.807, 2.05) is 13.8 Å². The zero-order chi connectivity index (χ0) is 14.7. The normalized spacial score (nSPS) is 20.7. The number of hydrogen-bond acceptors (Lipinski definition) is 5. The van der Waals surface area contributed by atoms with E-state index in [-0.39, 0.29) is 0 Å². The Labute approximate surface area is 121 Å². The fourth-order valence-corrected chi connectivity index (χ4v) is 4.32. The number of nitrogens with one attached hydrogen (secondary N) is 2. The number of sulfonamides is 1. The molecule has 0 fully saturated rings. The molecule has 0 radical (unpaired) electrons. The van der Waals surface area contributed by atoms with Gasteiger partial charge in [0.1, 0.15) is 0 Å². The second-order valence-electron chi connectivity index (χ2n) is 6.13. The van der Waals surface area contributed by atoms with Gasteiger partial charge in [-0.2, -0.15) is 0 Å². The standard InChI is InChI=1S/C12H25N3O2S2/c1-9(2)6-10-7-13-11(18-10)14-8-12(3,4)15-19(5,16)17/h9-10,15H,6-8H2,1-5H3,(H,13,14). The second kappa shape index (κ2) is 6.45. The van der Waals surface area contributed by atoms with Crippen LogP contribution in [0, 0.1) is 5.92 Å². The minimum Gasteiger partial charge on any atom is -0.363 e. The summed E-state index contributed by atoms with van der Waals surface area (Å²) in [6, 6.07) is 0. The van der Waals surface area contributed by atoms with Crippen LogP contribution in [-0.2, 0) is 10.0 Å². The monoisotopic (exact) mass is 307 g/mol. The lowest BCUT2D eigenvalue weighted by Gasteiger charge is -2.25. The van der Waals surface area contributed by atoms with E-state index in [0.29, 0.717) is 17.7 Å². The van der Waals surface area contributed by atoms with Gasteiger partial charge in [-0.15, -0.1) is 0 Å². The molecule has 1 rings (SSSR count). The molecule has 7 heteroatoms. The van der Waals surface area contributed by atoms with Crippen molar-refractivity contribution in [3.63, 3.8) is 0 Å². The molecule has 0 bridgehead atoms. The highest BCUT2D eigenvalue weighted by molar-refractivity contribution is 8.14. The molecular weight excluding hydrogens is 282 g/mol. The van der Waals surface area contributed by atoms with Crippen LogP contribution in [0.4, 0.5) is 0 Å². The molecule has 0 aromatic heterocycles. The first kappa shape index (κ1) is 16.8. The lowest BCUT2D eigenvalue weighted by atomic mass is 10.1. The molecule has 19 heavy (non-hydrogen) atoms. The van der Waals surface area contributed by atoms with Gasteiger partial charge in [0.05, 0.1) is 12.8 Å². The van der Waals surface area contributed by atoms with Gasteiger partial charge in [0, 0.05) is 17.3 Å². The average Bonchev–Trinajstić information content (AvgIpc) is 2.58. The van der Waals surface area contributed by atoms with Gasteiger partial charge in [0.2, 0.25) is 10.0 Å². The largest absolute Gasteiger partial charge is 0.363 e. The summed E-state index contributed by atoms with van der Waals surface area (Å²) in [6.07, 6.45) is 2.33. The van der Waals surface area contributed by atoms with Gasteiger partial charge in [0.25, 0.3) is 0 Å². The van der Waals surface area contributed by atoms with E-state index in [1.165, 1.54) is 6.26 Å². The highest BCUT2D eigenvalue weighted by Gasteiger charge is 2.25. The molecule has 0 aromatic carbocycles. The Morgan fingerprint density at radius 3 is 2.63 bits per heavy atom. The second-order valence-corrected chi connectivity index (χ2v) is 9.16. The first-order chi connectivity index (χ1) is 8.57. The highest BCUT2D eigenvalue weighted by atomic mass is 32.2. The minimum absolute atomic E-state index is 0.521. The molecule has 1 atom stereocenters. The van der Waals surface area contributed by atoms with Crippen LogP contribution >= 0.6 is 11.8 Å². The van der Waals surface area contributed by atoms with Crippen LogP contribution in [0.1, 0.15) is 34.1 Å². The smallest absolute Gasteiger partial charge is 0.209 e. The number of nitrogens with zero attached hydrogens (tertiary/aromatic N) is 1. The summed E-state index contributed by atoms with van der Waals surface area (Å²) < 4.78 is 25.1. The Morgan fingerprint density at radius 2 is 2.11 bits per heavy atom. The van der Waals surface area contributed by atoms with Crippen molar-refractivity contribution in [2.45, 2.75) is 44.9 Å².